The molecule has 2 heterocycles. The molecule has 2 aromatic heterocycles. The zero-order valence-corrected chi connectivity index (χ0v) is 13.4. The van der Waals surface area contributed by atoms with Gasteiger partial charge in [-0.05, 0) is 37.3 Å². The van der Waals surface area contributed by atoms with Crippen molar-refractivity contribution in [2.75, 3.05) is 0 Å². The Morgan fingerprint density at radius 2 is 2.14 bits per heavy atom. The van der Waals surface area contributed by atoms with Crippen LogP contribution in [0.3, 0.4) is 0 Å². The Bertz CT molecular complexity index is 845. The van der Waals surface area contributed by atoms with Crippen molar-refractivity contribution in [3.05, 3.63) is 63.5 Å². The lowest BCUT2D eigenvalue weighted by molar-refractivity contribution is 0.0729. The van der Waals surface area contributed by atoms with Gasteiger partial charge in [-0.25, -0.2) is 9.78 Å². The van der Waals surface area contributed by atoms with E-state index in [9.17, 15) is 4.79 Å². The highest BCUT2D eigenvalue weighted by molar-refractivity contribution is 9.10. The number of carbonyl (C=O) groups is 1. The topological polar surface area (TPSA) is 43.6 Å². The Labute approximate surface area is 134 Å². The van der Waals surface area contributed by atoms with E-state index in [-0.39, 0.29) is 5.69 Å². The molecule has 0 atom stereocenters. The van der Waals surface area contributed by atoms with Crippen molar-refractivity contribution in [3.63, 3.8) is 0 Å². The number of rotatable bonds is 2. The lowest BCUT2D eigenvalue weighted by Crippen LogP contribution is -2.09. The van der Waals surface area contributed by atoms with Crippen LogP contribution in [-0.4, -0.2) is 15.4 Å². The van der Waals surface area contributed by atoms with Gasteiger partial charge in [-0.2, -0.15) is 0 Å². The SMILES string of the molecule is Cc1cccc2nc(C(=O)Oc3ccc(Br)cc3Cl)cn12. The average Bonchev–Trinajstić information content (AvgIpc) is 2.87. The molecule has 0 saturated heterocycles. The van der Waals surface area contributed by atoms with E-state index < -0.39 is 5.97 Å². The van der Waals surface area contributed by atoms with Crippen molar-refractivity contribution in [1.29, 1.82) is 0 Å². The molecule has 0 radical (unpaired) electrons. The number of aryl methyl sites for hydroxylation is 1. The molecule has 1 aromatic carbocycles. The number of ether oxygens (including phenoxy) is 1. The van der Waals surface area contributed by atoms with Crippen molar-refractivity contribution in [3.8, 4) is 5.75 Å². The molecule has 4 nitrogen and oxygen atoms in total. The zero-order valence-electron chi connectivity index (χ0n) is 11.0. The minimum atomic E-state index is -0.540. The van der Waals surface area contributed by atoms with Crippen molar-refractivity contribution in [1.82, 2.24) is 9.38 Å². The lowest BCUT2D eigenvalue weighted by Gasteiger charge is -2.04. The minimum Gasteiger partial charge on any atom is -0.420 e. The highest BCUT2D eigenvalue weighted by atomic mass is 79.9. The number of imidazole rings is 1. The van der Waals surface area contributed by atoms with E-state index in [1.807, 2.05) is 29.5 Å². The van der Waals surface area contributed by atoms with Crippen molar-refractivity contribution < 1.29 is 9.53 Å². The fourth-order valence-corrected chi connectivity index (χ4v) is 2.67. The van der Waals surface area contributed by atoms with Crippen LogP contribution in [0.1, 0.15) is 16.2 Å². The first-order chi connectivity index (χ1) is 10.0. The van der Waals surface area contributed by atoms with Crippen LogP contribution in [0.25, 0.3) is 5.65 Å². The Hall–Kier alpha value is -1.85. The molecule has 0 bridgehead atoms. The number of pyridine rings is 1. The summed E-state index contributed by atoms with van der Waals surface area (Å²) < 4.78 is 7.94. The van der Waals surface area contributed by atoms with Crippen molar-refractivity contribution in [2.45, 2.75) is 6.92 Å². The second kappa shape index (κ2) is 5.50. The Morgan fingerprint density at radius 1 is 1.33 bits per heavy atom. The standard InChI is InChI=1S/C15H10BrClN2O2/c1-9-3-2-4-14-18-12(8-19(9)14)15(20)21-13-6-5-10(16)7-11(13)17/h2-8H,1H3. The number of fused-ring (bicyclic) bond motifs is 1. The molecule has 0 saturated carbocycles. The van der Waals surface area contributed by atoms with E-state index in [0.717, 1.165) is 10.2 Å². The third-order valence-electron chi connectivity index (χ3n) is 3.00. The first-order valence-electron chi connectivity index (χ1n) is 6.16. The number of carbonyl (C=O) groups excluding carboxylic acids is 1. The molecule has 106 valence electrons. The van der Waals surface area contributed by atoms with E-state index >= 15 is 0 Å². The van der Waals surface area contributed by atoms with Gasteiger partial charge in [0.2, 0.25) is 0 Å². The number of hydrogen-bond donors (Lipinski definition) is 0. The fourth-order valence-electron chi connectivity index (χ4n) is 1.96. The largest absolute Gasteiger partial charge is 0.420 e. The summed E-state index contributed by atoms with van der Waals surface area (Å²) in [6, 6.07) is 10.7. The molecule has 6 heteroatoms. The summed E-state index contributed by atoms with van der Waals surface area (Å²) in [6.45, 7) is 1.94. The van der Waals surface area contributed by atoms with Crippen LogP contribution in [0, 0.1) is 6.92 Å². The summed E-state index contributed by atoms with van der Waals surface area (Å²) in [6.07, 6.45) is 1.65. The summed E-state index contributed by atoms with van der Waals surface area (Å²) in [5, 5.41) is 0.359. The third kappa shape index (κ3) is 2.80. The number of hydrogen-bond acceptors (Lipinski definition) is 3. The van der Waals surface area contributed by atoms with E-state index in [1.54, 1.807) is 24.4 Å². The molecule has 0 fully saturated rings. The van der Waals surface area contributed by atoms with Crippen molar-refractivity contribution >= 4 is 39.1 Å². The van der Waals surface area contributed by atoms with E-state index in [4.69, 9.17) is 16.3 Å². The second-order valence-corrected chi connectivity index (χ2v) is 5.81. The van der Waals surface area contributed by atoms with Crippen LogP contribution in [0.4, 0.5) is 0 Å². The number of esters is 1. The quantitative estimate of drug-likeness (QED) is 0.503. The number of benzene rings is 1. The summed E-state index contributed by atoms with van der Waals surface area (Å²) in [5.74, 6) is -0.235. The van der Waals surface area contributed by atoms with E-state index in [0.29, 0.717) is 16.4 Å². The van der Waals surface area contributed by atoms with Crippen LogP contribution < -0.4 is 4.74 Å². The van der Waals surface area contributed by atoms with Crippen LogP contribution in [0.2, 0.25) is 5.02 Å². The van der Waals surface area contributed by atoms with Crippen LogP contribution in [-0.2, 0) is 0 Å². The van der Waals surface area contributed by atoms with Gasteiger partial charge in [0.1, 0.15) is 11.4 Å². The molecule has 0 unspecified atom stereocenters. The Morgan fingerprint density at radius 3 is 2.86 bits per heavy atom. The van der Waals surface area contributed by atoms with Gasteiger partial charge in [0, 0.05) is 16.4 Å². The zero-order chi connectivity index (χ0) is 15.0. The second-order valence-electron chi connectivity index (χ2n) is 4.49. The Kier molecular flexibility index (Phi) is 3.69. The monoisotopic (exact) mass is 364 g/mol. The molecule has 21 heavy (non-hydrogen) atoms. The molecule has 3 aromatic rings. The summed E-state index contributed by atoms with van der Waals surface area (Å²) in [4.78, 5) is 16.4. The van der Waals surface area contributed by atoms with E-state index in [1.165, 1.54) is 0 Å². The van der Waals surface area contributed by atoms with Gasteiger partial charge in [-0.3, -0.25) is 0 Å². The maximum Gasteiger partial charge on any atom is 0.364 e. The fraction of sp³-hybridized carbons (Fsp3) is 0.0667. The summed E-state index contributed by atoms with van der Waals surface area (Å²) >= 11 is 9.33. The molecule has 0 N–H and O–H groups in total. The van der Waals surface area contributed by atoms with Crippen LogP contribution in [0.15, 0.2) is 47.1 Å². The van der Waals surface area contributed by atoms with Gasteiger partial charge in [-0.15, -0.1) is 0 Å². The van der Waals surface area contributed by atoms with Gasteiger partial charge < -0.3 is 9.14 Å². The van der Waals surface area contributed by atoms with Gasteiger partial charge in [-0.1, -0.05) is 33.6 Å². The minimum absolute atomic E-state index is 0.239. The van der Waals surface area contributed by atoms with Gasteiger partial charge >= 0.3 is 5.97 Å². The average molecular weight is 366 g/mol. The molecule has 0 aliphatic carbocycles. The highest BCUT2D eigenvalue weighted by Crippen LogP contribution is 2.28. The lowest BCUT2D eigenvalue weighted by atomic mass is 10.3. The first kappa shape index (κ1) is 14.1. The normalized spacial score (nSPS) is 10.8. The molecule has 0 amide bonds. The highest BCUT2D eigenvalue weighted by Gasteiger charge is 2.15. The van der Waals surface area contributed by atoms with Crippen LogP contribution >= 0.6 is 27.5 Å². The molecule has 0 aliphatic heterocycles. The molecular formula is C15H10BrClN2O2. The summed E-state index contributed by atoms with van der Waals surface area (Å²) in [7, 11) is 0. The predicted octanol–water partition coefficient (Wildman–Crippen LogP) is 4.28. The van der Waals surface area contributed by atoms with Crippen LogP contribution in [0.5, 0.6) is 5.75 Å². The number of aromatic nitrogens is 2. The molecular weight excluding hydrogens is 356 g/mol. The maximum absolute atomic E-state index is 12.2. The number of nitrogens with zero attached hydrogens (tertiary/aromatic N) is 2. The number of halogens is 2. The van der Waals surface area contributed by atoms with Gasteiger partial charge in [0.05, 0.1) is 5.02 Å². The van der Waals surface area contributed by atoms with Crippen molar-refractivity contribution in [2.24, 2.45) is 0 Å². The van der Waals surface area contributed by atoms with Gasteiger partial charge in [0.15, 0.2) is 5.69 Å². The molecule has 0 spiro atoms. The first-order valence-corrected chi connectivity index (χ1v) is 7.33. The molecule has 0 aliphatic rings. The summed E-state index contributed by atoms with van der Waals surface area (Å²) in [5.41, 5.74) is 1.92. The third-order valence-corrected chi connectivity index (χ3v) is 3.79. The molecule has 3 rings (SSSR count). The smallest absolute Gasteiger partial charge is 0.364 e. The Balaban J connectivity index is 1.92. The predicted molar refractivity (Wildman–Crippen MR) is 84.0 cm³/mol. The van der Waals surface area contributed by atoms with Gasteiger partial charge in [0.25, 0.3) is 0 Å². The maximum atomic E-state index is 12.2. The van der Waals surface area contributed by atoms with E-state index in [2.05, 4.69) is 20.9 Å².